The Morgan fingerprint density at radius 1 is 1.32 bits per heavy atom. The van der Waals surface area contributed by atoms with E-state index in [9.17, 15) is 4.39 Å². The number of nitrogens with two attached hydrogens (primary N) is 1. The normalized spacial score (nSPS) is 10.2. The fourth-order valence-corrected chi connectivity index (χ4v) is 2.68. The maximum atomic E-state index is 13.2. The summed E-state index contributed by atoms with van der Waals surface area (Å²) in [5.74, 6) is 0.175. The maximum Gasteiger partial charge on any atom is 0.140 e. The van der Waals surface area contributed by atoms with Crippen molar-refractivity contribution in [2.75, 3.05) is 5.73 Å². The van der Waals surface area contributed by atoms with Gasteiger partial charge in [0.25, 0.3) is 0 Å². The van der Waals surface area contributed by atoms with Gasteiger partial charge in [-0.25, -0.2) is 4.39 Å². The van der Waals surface area contributed by atoms with Gasteiger partial charge in [-0.1, -0.05) is 18.2 Å². The molecule has 0 saturated carbocycles. The Kier molecular flexibility index (Phi) is 4.08. The second-order valence-corrected chi connectivity index (χ2v) is 5.22. The minimum atomic E-state index is -0.480. The van der Waals surface area contributed by atoms with Crippen molar-refractivity contribution in [3.63, 3.8) is 0 Å². The Bertz CT molecular complexity index is 647. The number of nitriles is 1. The van der Waals surface area contributed by atoms with Gasteiger partial charge in [-0.15, -0.1) is 11.8 Å². The van der Waals surface area contributed by atoms with Crippen LogP contribution in [-0.2, 0) is 5.75 Å². The van der Waals surface area contributed by atoms with Crippen molar-refractivity contribution in [1.82, 2.24) is 0 Å². The molecule has 0 radical (unpaired) electrons. The van der Waals surface area contributed by atoms with Crippen LogP contribution in [0.3, 0.4) is 0 Å². The number of para-hydroxylation sites is 1. The quantitative estimate of drug-likeness (QED) is 0.681. The van der Waals surface area contributed by atoms with E-state index in [0.29, 0.717) is 5.75 Å². The van der Waals surface area contributed by atoms with Crippen molar-refractivity contribution >= 4 is 17.4 Å². The molecule has 0 unspecified atom stereocenters. The van der Waals surface area contributed by atoms with Gasteiger partial charge in [0.2, 0.25) is 0 Å². The number of hydrogen-bond donors (Lipinski definition) is 1. The molecule has 0 heterocycles. The second kappa shape index (κ2) is 5.77. The molecule has 0 aliphatic heterocycles. The molecular formula is C15H13FN2S. The lowest BCUT2D eigenvalue weighted by Crippen LogP contribution is -1.93. The molecule has 0 aliphatic carbocycles. The number of aryl methyl sites for hydroxylation is 1. The maximum absolute atomic E-state index is 13.2. The first-order valence-electron chi connectivity index (χ1n) is 5.78. The molecule has 2 N–H and O–H groups in total. The minimum Gasteiger partial charge on any atom is -0.398 e. The lowest BCUT2D eigenvalue weighted by molar-refractivity contribution is 0.623. The van der Waals surface area contributed by atoms with Gasteiger partial charge in [-0.05, 0) is 36.2 Å². The zero-order valence-electron chi connectivity index (χ0n) is 10.5. The van der Waals surface area contributed by atoms with Gasteiger partial charge in [0, 0.05) is 16.3 Å². The molecule has 2 aromatic carbocycles. The van der Waals surface area contributed by atoms with E-state index in [1.54, 1.807) is 23.9 Å². The largest absolute Gasteiger partial charge is 0.398 e. The molecule has 2 nitrogen and oxygen atoms in total. The van der Waals surface area contributed by atoms with Crippen molar-refractivity contribution in [2.45, 2.75) is 17.6 Å². The molecule has 2 aromatic rings. The number of benzene rings is 2. The molecule has 2 rings (SSSR count). The van der Waals surface area contributed by atoms with E-state index in [0.717, 1.165) is 21.7 Å². The molecule has 0 atom stereocenters. The predicted octanol–water partition coefficient (Wildman–Crippen LogP) is 3.88. The van der Waals surface area contributed by atoms with Crippen LogP contribution < -0.4 is 5.73 Å². The van der Waals surface area contributed by atoms with Crippen LogP contribution in [0, 0.1) is 24.1 Å². The van der Waals surface area contributed by atoms with E-state index in [4.69, 9.17) is 11.0 Å². The van der Waals surface area contributed by atoms with Crippen LogP contribution in [0.25, 0.3) is 0 Å². The van der Waals surface area contributed by atoms with Gasteiger partial charge in [0.1, 0.15) is 11.9 Å². The Hall–Kier alpha value is -1.99. The van der Waals surface area contributed by atoms with Gasteiger partial charge in [-0.2, -0.15) is 5.26 Å². The van der Waals surface area contributed by atoms with Gasteiger partial charge in [0.15, 0.2) is 0 Å². The SMILES string of the molecule is Cc1cccc(SCc2ccc(F)c(C#N)c2)c1N. The molecule has 4 heteroatoms. The Labute approximate surface area is 116 Å². The second-order valence-electron chi connectivity index (χ2n) is 4.20. The Balaban J connectivity index is 2.15. The highest BCUT2D eigenvalue weighted by atomic mass is 32.2. The molecule has 0 fully saturated rings. The molecule has 0 saturated heterocycles. The summed E-state index contributed by atoms with van der Waals surface area (Å²) in [4.78, 5) is 1.00. The minimum absolute atomic E-state index is 0.0790. The highest BCUT2D eigenvalue weighted by molar-refractivity contribution is 7.98. The molecule has 0 aromatic heterocycles. The van der Waals surface area contributed by atoms with Crippen molar-refractivity contribution in [3.8, 4) is 6.07 Å². The van der Waals surface area contributed by atoms with Crippen LogP contribution in [0.4, 0.5) is 10.1 Å². The first kappa shape index (κ1) is 13.4. The number of halogens is 1. The lowest BCUT2D eigenvalue weighted by Gasteiger charge is -2.08. The zero-order valence-corrected chi connectivity index (χ0v) is 11.3. The van der Waals surface area contributed by atoms with Crippen LogP contribution in [-0.4, -0.2) is 0 Å². The van der Waals surface area contributed by atoms with E-state index in [-0.39, 0.29) is 5.56 Å². The van der Waals surface area contributed by atoms with Crippen LogP contribution in [0.5, 0.6) is 0 Å². The third-order valence-corrected chi connectivity index (χ3v) is 3.97. The Morgan fingerprint density at radius 3 is 2.84 bits per heavy atom. The summed E-state index contributed by atoms with van der Waals surface area (Å²) in [6, 6.07) is 12.3. The summed E-state index contributed by atoms with van der Waals surface area (Å²) in [6.07, 6.45) is 0. The molecule has 19 heavy (non-hydrogen) atoms. The fourth-order valence-electron chi connectivity index (χ4n) is 1.69. The van der Waals surface area contributed by atoms with E-state index in [1.807, 2.05) is 31.2 Å². The van der Waals surface area contributed by atoms with E-state index < -0.39 is 5.82 Å². The van der Waals surface area contributed by atoms with E-state index in [2.05, 4.69) is 0 Å². The molecule has 96 valence electrons. The van der Waals surface area contributed by atoms with Crippen molar-refractivity contribution in [3.05, 3.63) is 58.9 Å². The summed E-state index contributed by atoms with van der Waals surface area (Å²) in [7, 11) is 0. The molecule has 0 amide bonds. The molecular weight excluding hydrogens is 259 g/mol. The van der Waals surface area contributed by atoms with Gasteiger partial charge < -0.3 is 5.73 Å². The zero-order chi connectivity index (χ0) is 13.8. The average molecular weight is 272 g/mol. The molecule has 0 spiro atoms. The summed E-state index contributed by atoms with van der Waals surface area (Å²) in [5.41, 5.74) is 8.80. The number of hydrogen-bond acceptors (Lipinski definition) is 3. The average Bonchev–Trinajstić information content (AvgIpc) is 2.42. The predicted molar refractivity (Wildman–Crippen MR) is 76.3 cm³/mol. The number of rotatable bonds is 3. The van der Waals surface area contributed by atoms with Crippen molar-refractivity contribution in [2.24, 2.45) is 0 Å². The molecule has 0 bridgehead atoms. The molecule has 0 aliphatic rings. The van der Waals surface area contributed by atoms with Crippen LogP contribution in [0.15, 0.2) is 41.3 Å². The third kappa shape index (κ3) is 3.07. The summed E-state index contributed by atoms with van der Waals surface area (Å²) in [6.45, 7) is 1.96. The number of nitrogen functional groups attached to an aromatic ring is 1. The first-order valence-corrected chi connectivity index (χ1v) is 6.77. The van der Waals surface area contributed by atoms with Gasteiger partial charge in [-0.3, -0.25) is 0 Å². The monoisotopic (exact) mass is 272 g/mol. The number of nitrogens with zero attached hydrogens (tertiary/aromatic N) is 1. The first-order chi connectivity index (χ1) is 9.11. The standard InChI is InChI=1S/C15H13FN2S/c1-10-3-2-4-14(15(10)18)19-9-11-5-6-13(16)12(7-11)8-17/h2-7H,9,18H2,1H3. The Morgan fingerprint density at radius 2 is 2.11 bits per heavy atom. The van der Waals surface area contributed by atoms with Crippen LogP contribution in [0.1, 0.15) is 16.7 Å². The van der Waals surface area contributed by atoms with Crippen LogP contribution >= 0.6 is 11.8 Å². The van der Waals surface area contributed by atoms with E-state index >= 15 is 0 Å². The number of thioether (sulfide) groups is 1. The van der Waals surface area contributed by atoms with Crippen LogP contribution in [0.2, 0.25) is 0 Å². The van der Waals surface area contributed by atoms with Crippen molar-refractivity contribution < 1.29 is 4.39 Å². The summed E-state index contributed by atoms with van der Waals surface area (Å²) < 4.78 is 13.2. The third-order valence-electron chi connectivity index (χ3n) is 2.83. The highest BCUT2D eigenvalue weighted by Crippen LogP contribution is 2.30. The lowest BCUT2D eigenvalue weighted by atomic mass is 10.1. The highest BCUT2D eigenvalue weighted by Gasteiger charge is 2.05. The van der Waals surface area contributed by atoms with E-state index in [1.165, 1.54) is 6.07 Å². The fraction of sp³-hybridized carbons (Fsp3) is 0.133. The smallest absolute Gasteiger partial charge is 0.140 e. The van der Waals surface area contributed by atoms with Gasteiger partial charge in [0.05, 0.1) is 5.56 Å². The summed E-state index contributed by atoms with van der Waals surface area (Å²) in [5, 5.41) is 8.79. The topological polar surface area (TPSA) is 49.8 Å². The van der Waals surface area contributed by atoms with Gasteiger partial charge >= 0.3 is 0 Å². The van der Waals surface area contributed by atoms with Crippen molar-refractivity contribution in [1.29, 1.82) is 5.26 Å². The summed E-state index contributed by atoms with van der Waals surface area (Å²) >= 11 is 1.58. The number of anilines is 1.